The highest BCUT2D eigenvalue weighted by Crippen LogP contribution is 2.29. The zero-order valence-corrected chi connectivity index (χ0v) is 10.9. The summed E-state index contributed by atoms with van der Waals surface area (Å²) in [4.78, 5) is 20.5. The van der Waals surface area contributed by atoms with E-state index in [-0.39, 0.29) is 11.3 Å². The molecule has 0 radical (unpaired) electrons. The Kier molecular flexibility index (Phi) is 3.79. The molecule has 2 heterocycles. The molecular weight excluding hydrogens is 285 g/mol. The van der Waals surface area contributed by atoms with Crippen LogP contribution in [-0.2, 0) is 6.18 Å². The molecule has 2 aromatic rings. The molecule has 0 aromatic carbocycles. The number of amides is 1. The Morgan fingerprint density at radius 2 is 2.05 bits per heavy atom. The Balaban J connectivity index is 2.39. The number of hydrogen-bond acceptors (Lipinski definition) is 4. The maximum Gasteiger partial charge on any atom is 0.433 e. The molecule has 0 aliphatic rings. The van der Waals surface area contributed by atoms with Crippen LogP contribution in [0.5, 0.6) is 0 Å². The summed E-state index contributed by atoms with van der Waals surface area (Å²) in [5.74, 6) is -0.673. The highest BCUT2D eigenvalue weighted by Gasteiger charge is 2.34. The number of nitrogens with two attached hydrogens (primary N) is 1. The minimum atomic E-state index is -4.64. The Bertz CT molecular complexity index is 658. The number of aromatic nitrogens is 2. The minimum Gasteiger partial charge on any atom is -0.397 e. The van der Waals surface area contributed by atoms with Gasteiger partial charge in [0.05, 0.1) is 29.3 Å². The molecule has 0 aliphatic carbocycles. The van der Waals surface area contributed by atoms with Gasteiger partial charge >= 0.3 is 6.18 Å². The molecule has 8 heteroatoms. The van der Waals surface area contributed by atoms with E-state index < -0.39 is 17.8 Å². The Morgan fingerprint density at radius 3 is 2.62 bits per heavy atom. The van der Waals surface area contributed by atoms with Crippen LogP contribution in [0.4, 0.5) is 24.5 Å². The lowest BCUT2D eigenvalue weighted by Gasteiger charge is -2.18. The van der Waals surface area contributed by atoms with Crippen LogP contribution in [-0.4, -0.2) is 22.9 Å². The first kappa shape index (κ1) is 14.8. The van der Waals surface area contributed by atoms with Crippen LogP contribution in [0.3, 0.4) is 0 Å². The number of hydrogen-bond donors (Lipinski definition) is 1. The molecule has 0 saturated carbocycles. The lowest BCUT2D eigenvalue weighted by Crippen LogP contribution is -2.27. The molecule has 0 saturated heterocycles. The smallest absolute Gasteiger partial charge is 0.397 e. The number of rotatable bonds is 2. The summed E-state index contributed by atoms with van der Waals surface area (Å²) in [6, 6.07) is 3.85. The van der Waals surface area contributed by atoms with Crippen LogP contribution >= 0.6 is 0 Å². The van der Waals surface area contributed by atoms with Gasteiger partial charge in [0.25, 0.3) is 5.91 Å². The van der Waals surface area contributed by atoms with Gasteiger partial charge in [0.15, 0.2) is 0 Å². The lowest BCUT2D eigenvalue weighted by molar-refractivity contribution is -0.141. The fourth-order valence-corrected chi connectivity index (χ4v) is 1.66. The van der Waals surface area contributed by atoms with E-state index in [1.165, 1.54) is 24.3 Å². The van der Waals surface area contributed by atoms with Crippen molar-refractivity contribution >= 4 is 17.3 Å². The topological polar surface area (TPSA) is 72.1 Å². The third-order valence-electron chi connectivity index (χ3n) is 2.79. The maximum atomic E-state index is 12.6. The fraction of sp³-hybridized carbons (Fsp3) is 0.154. The van der Waals surface area contributed by atoms with Gasteiger partial charge in [-0.3, -0.25) is 9.78 Å². The van der Waals surface area contributed by atoms with Crippen molar-refractivity contribution in [2.24, 2.45) is 0 Å². The van der Waals surface area contributed by atoms with Crippen LogP contribution in [0.1, 0.15) is 16.1 Å². The van der Waals surface area contributed by atoms with Gasteiger partial charge in [-0.2, -0.15) is 13.2 Å². The van der Waals surface area contributed by atoms with E-state index in [0.717, 1.165) is 6.20 Å². The zero-order valence-electron chi connectivity index (χ0n) is 10.9. The van der Waals surface area contributed by atoms with Crippen molar-refractivity contribution in [1.29, 1.82) is 0 Å². The maximum absolute atomic E-state index is 12.6. The number of nitrogen functional groups attached to an aromatic ring is 1. The fourth-order valence-electron chi connectivity index (χ4n) is 1.66. The largest absolute Gasteiger partial charge is 0.433 e. The normalized spacial score (nSPS) is 11.2. The highest BCUT2D eigenvalue weighted by molar-refractivity contribution is 6.08. The van der Waals surface area contributed by atoms with Crippen molar-refractivity contribution in [2.45, 2.75) is 6.18 Å². The molecule has 0 spiro atoms. The van der Waals surface area contributed by atoms with Crippen molar-refractivity contribution < 1.29 is 18.0 Å². The highest BCUT2D eigenvalue weighted by atomic mass is 19.4. The molecule has 0 atom stereocenters. The molecule has 21 heavy (non-hydrogen) atoms. The van der Waals surface area contributed by atoms with E-state index in [4.69, 9.17) is 5.73 Å². The Hall–Kier alpha value is -2.64. The van der Waals surface area contributed by atoms with Crippen LogP contribution in [0.25, 0.3) is 0 Å². The summed E-state index contributed by atoms with van der Waals surface area (Å²) in [6.45, 7) is 0. The molecule has 2 rings (SSSR count). The summed E-state index contributed by atoms with van der Waals surface area (Å²) in [6.07, 6.45) is -0.882. The number of carbonyl (C=O) groups excluding carboxylic acids is 1. The van der Waals surface area contributed by atoms with E-state index in [1.807, 2.05) is 0 Å². The zero-order chi connectivity index (χ0) is 15.6. The number of nitrogens with zero attached hydrogens (tertiary/aromatic N) is 3. The van der Waals surface area contributed by atoms with Gasteiger partial charge in [-0.15, -0.1) is 0 Å². The van der Waals surface area contributed by atoms with Gasteiger partial charge in [0.2, 0.25) is 0 Å². The first-order valence-corrected chi connectivity index (χ1v) is 5.81. The van der Waals surface area contributed by atoms with Crippen molar-refractivity contribution in [3.05, 3.63) is 48.0 Å². The second kappa shape index (κ2) is 5.39. The average molecular weight is 296 g/mol. The van der Waals surface area contributed by atoms with Gasteiger partial charge < -0.3 is 10.6 Å². The molecule has 0 unspecified atom stereocenters. The summed E-state index contributed by atoms with van der Waals surface area (Å²) in [5.41, 5.74) is 4.44. The van der Waals surface area contributed by atoms with Crippen molar-refractivity contribution in [1.82, 2.24) is 9.97 Å². The summed E-state index contributed by atoms with van der Waals surface area (Å²) in [7, 11) is 1.42. The van der Waals surface area contributed by atoms with E-state index >= 15 is 0 Å². The van der Waals surface area contributed by atoms with Crippen LogP contribution < -0.4 is 10.6 Å². The second-order valence-electron chi connectivity index (χ2n) is 4.23. The predicted molar refractivity (Wildman–Crippen MR) is 70.6 cm³/mol. The lowest BCUT2D eigenvalue weighted by atomic mass is 10.1. The summed E-state index contributed by atoms with van der Waals surface area (Å²) < 4.78 is 37.9. The first-order valence-electron chi connectivity index (χ1n) is 5.81. The molecule has 110 valence electrons. The van der Waals surface area contributed by atoms with Crippen LogP contribution in [0, 0.1) is 0 Å². The van der Waals surface area contributed by atoms with E-state index in [0.29, 0.717) is 11.8 Å². The molecular formula is C13H11F3N4O. The number of anilines is 2. The number of alkyl halides is 3. The molecule has 0 fully saturated rings. The SMILES string of the molecule is CN(C(=O)c1cc(C(F)(F)F)ncc1N)c1cccnc1. The molecule has 1 amide bonds. The first-order chi connectivity index (χ1) is 9.80. The Morgan fingerprint density at radius 1 is 1.33 bits per heavy atom. The molecule has 5 nitrogen and oxygen atoms in total. The van der Waals surface area contributed by atoms with Crippen LogP contribution in [0.2, 0.25) is 0 Å². The van der Waals surface area contributed by atoms with Gasteiger partial charge in [-0.1, -0.05) is 0 Å². The predicted octanol–water partition coefficient (Wildman–Crippen LogP) is 2.35. The second-order valence-corrected chi connectivity index (χ2v) is 4.23. The van der Waals surface area contributed by atoms with Crippen molar-refractivity contribution in [3.63, 3.8) is 0 Å². The van der Waals surface area contributed by atoms with E-state index in [2.05, 4.69) is 9.97 Å². The van der Waals surface area contributed by atoms with Gasteiger partial charge in [0.1, 0.15) is 5.69 Å². The number of carbonyl (C=O) groups is 1. The van der Waals surface area contributed by atoms with Crippen LogP contribution in [0.15, 0.2) is 36.8 Å². The van der Waals surface area contributed by atoms with Crippen molar-refractivity contribution in [3.8, 4) is 0 Å². The van der Waals surface area contributed by atoms with Crippen molar-refractivity contribution in [2.75, 3.05) is 17.7 Å². The molecule has 2 N–H and O–H groups in total. The van der Waals surface area contributed by atoms with Gasteiger partial charge in [0, 0.05) is 13.2 Å². The standard InChI is InChI=1S/C13H11F3N4O/c1-20(8-3-2-4-18-6-8)12(21)9-5-11(13(14,15)16)19-7-10(9)17/h2-7H,17H2,1H3. The van der Waals surface area contributed by atoms with E-state index in [9.17, 15) is 18.0 Å². The Labute approximate surface area is 118 Å². The monoisotopic (exact) mass is 296 g/mol. The number of halogens is 3. The quantitative estimate of drug-likeness (QED) is 0.923. The summed E-state index contributed by atoms with van der Waals surface area (Å²) >= 11 is 0. The molecule has 2 aromatic heterocycles. The third kappa shape index (κ3) is 3.10. The van der Waals surface area contributed by atoms with Gasteiger partial charge in [-0.05, 0) is 18.2 Å². The molecule has 0 aliphatic heterocycles. The third-order valence-corrected chi connectivity index (χ3v) is 2.79. The summed E-state index contributed by atoms with van der Waals surface area (Å²) in [5, 5.41) is 0. The minimum absolute atomic E-state index is 0.122. The molecule has 0 bridgehead atoms. The van der Waals surface area contributed by atoms with Gasteiger partial charge in [-0.25, -0.2) is 4.98 Å². The van der Waals surface area contributed by atoms with E-state index in [1.54, 1.807) is 12.1 Å². The average Bonchev–Trinajstić information content (AvgIpc) is 2.46. The number of pyridine rings is 2.